The highest BCUT2D eigenvalue weighted by molar-refractivity contribution is 7.71. The number of fused-ring (bicyclic) bond motifs is 1. The molecule has 3 aliphatic carbocycles. The third-order valence-electron chi connectivity index (χ3n) is 5.82. The normalized spacial score (nSPS) is 23.4. The molecule has 2 aromatic rings. The zero-order chi connectivity index (χ0) is 19.2. The molecule has 2 atom stereocenters. The SMILES string of the molecule is CC1(C)[C@H]2CC=C(C=Nn3c(-c4ccc(OC(F)F)cc4)n[nH]c3=S)[C@H]1C2. The number of hydrogen-bond donors (Lipinski definition) is 1. The van der Waals surface area contributed by atoms with Crippen LogP contribution in [-0.4, -0.2) is 27.7 Å². The second-order valence-electron chi connectivity index (χ2n) is 7.56. The lowest BCUT2D eigenvalue weighted by Gasteiger charge is -2.55. The van der Waals surface area contributed by atoms with E-state index in [4.69, 9.17) is 12.2 Å². The first-order chi connectivity index (χ1) is 12.9. The van der Waals surface area contributed by atoms with Crippen LogP contribution >= 0.6 is 12.2 Å². The smallest absolute Gasteiger partial charge is 0.387 e. The van der Waals surface area contributed by atoms with Gasteiger partial charge in [-0.25, -0.2) is 5.10 Å². The summed E-state index contributed by atoms with van der Waals surface area (Å²) in [5.41, 5.74) is 2.25. The van der Waals surface area contributed by atoms with E-state index in [2.05, 4.69) is 40.0 Å². The first-order valence-corrected chi connectivity index (χ1v) is 9.24. The van der Waals surface area contributed by atoms with Gasteiger partial charge in [-0.1, -0.05) is 19.9 Å². The molecule has 2 bridgehead atoms. The lowest BCUT2D eigenvalue weighted by Crippen LogP contribution is -2.48. The van der Waals surface area contributed by atoms with Crippen LogP contribution < -0.4 is 4.74 Å². The van der Waals surface area contributed by atoms with Gasteiger partial charge in [0.2, 0.25) is 4.77 Å². The highest BCUT2D eigenvalue weighted by Crippen LogP contribution is 2.58. The summed E-state index contributed by atoms with van der Waals surface area (Å²) in [7, 11) is 0. The van der Waals surface area contributed by atoms with Crippen molar-refractivity contribution in [3.05, 3.63) is 40.7 Å². The van der Waals surface area contributed by atoms with Crippen molar-refractivity contribution in [1.29, 1.82) is 0 Å². The van der Waals surface area contributed by atoms with Gasteiger partial charge in [0, 0.05) is 5.56 Å². The van der Waals surface area contributed by atoms with Crippen LogP contribution in [0, 0.1) is 22.0 Å². The summed E-state index contributed by atoms with van der Waals surface area (Å²) in [5, 5.41) is 11.5. The van der Waals surface area contributed by atoms with Gasteiger partial charge in [0.1, 0.15) is 5.75 Å². The fourth-order valence-corrected chi connectivity index (χ4v) is 4.22. The summed E-state index contributed by atoms with van der Waals surface area (Å²) in [6, 6.07) is 6.23. The average molecular weight is 390 g/mol. The van der Waals surface area contributed by atoms with Crippen LogP contribution in [0.3, 0.4) is 0 Å². The van der Waals surface area contributed by atoms with Crippen molar-refractivity contribution < 1.29 is 13.5 Å². The van der Waals surface area contributed by atoms with E-state index in [0.717, 1.165) is 12.3 Å². The van der Waals surface area contributed by atoms with Crippen LogP contribution in [0.25, 0.3) is 11.4 Å². The van der Waals surface area contributed by atoms with Crippen LogP contribution in [0.4, 0.5) is 8.78 Å². The van der Waals surface area contributed by atoms with Gasteiger partial charge >= 0.3 is 6.61 Å². The van der Waals surface area contributed by atoms with Crippen LogP contribution in [0.5, 0.6) is 5.75 Å². The second kappa shape index (κ2) is 6.67. The molecular formula is C19H20F2N4OS. The number of H-pyrrole nitrogens is 1. The highest BCUT2D eigenvalue weighted by atomic mass is 32.1. The minimum absolute atomic E-state index is 0.0899. The van der Waals surface area contributed by atoms with Crippen molar-refractivity contribution in [3.8, 4) is 17.1 Å². The molecule has 27 heavy (non-hydrogen) atoms. The van der Waals surface area contributed by atoms with Crippen LogP contribution in [-0.2, 0) is 0 Å². The zero-order valence-electron chi connectivity index (χ0n) is 15.0. The minimum Gasteiger partial charge on any atom is -0.435 e. The molecule has 1 aromatic heterocycles. The summed E-state index contributed by atoms with van der Waals surface area (Å²) in [4.78, 5) is 0. The standard InChI is InChI=1S/C19H20F2N4OS/c1-19(2)13-6-3-12(15(19)9-13)10-22-25-16(23-24-18(25)27)11-4-7-14(8-5-11)26-17(20)21/h3-5,7-8,10,13,15,17H,6,9H2,1-2H3,(H,24,27)/t13-,15+/m0/s1. The maximum Gasteiger partial charge on any atom is 0.387 e. The lowest BCUT2D eigenvalue weighted by molar-refractivity contribution is -0.0498. The molecule has 0 amide bonds. The Balaban J connectivity index is 1.59. The molecular weight excluding hydrogens is 370 g/mol. The molecule has 142 valence electrons. The first kappa shape index (κ1) is 18.0. The molecule has 5 rings (SSSR count). The fraction of sp³-hybridized carbons (Fsp3) is 0.421. The van der Waals surface area contributed by atoms with Gasteiger partial charge in [-0.3, -0.25) is 0 Å². The lowest BCUT2D eigenvalue weighted by atomic mass is 9.49. The molecule has 0 radical (unpaired) electrons. The number of nitrogens with zero attached hydrogens (tertiary/aromatic N) is 3. The Morgan fingerprint density at radius 2 is 2.11 bits per heavy atom. The first-order valence-electron chi connectivity index (χ1n) is 8.83. The average Bonchev–Trinajstić information content (AvgIpc) is 3.00. The summed E-state index contributed by atoms with van der Waals surface area (Å²) < 4.78 is 30.9. The molecule has 1 fully saturated rings. The topological polar surface area (TPSA) is 55.2 Å². The Labute approximate surface area is 160 Å². The van der Waals surface area contributed by atoms with Crippen molar-refractivity contribution in [2.24, 2.45) is 22.4 Å². The molecule has 0 spiro atoms. The van der Waals surface area contributed by atoms with Gasteiger partial charge in [0.05, 0.1) is 6.21 Å². The number of aromatic amines is 1. The van der Waals surface area contributed by atoms with Crippen molar-refractivity contribution >= 4 is 18.4 Å². The number of alkyl halides is 2. The maximum absolute atomic E-state index is 12.3. The summed E-state index contributed by atoms with van der Waals surface area (Å²) in [6.07, 6.45) is 6.42. The Morgan fingerprint density at radius 1 is 1.37 bits per heavy atom. The van der Waals surface area contributed by atoms with Gasteiger partial charge in [-0.05, 0) is 72.1 Å². The second-order valence-corrected chi connectivity index (χ2v) is 7.94. The molecule has 1 aromatic carbocycles. The largest absolute Gasteiger partial charge is 0.435 e. The van der Waals surface area contributed by atoms with E-state index in [1.54, 1.807) is 16.8 Å². The van der Waals surface area contributed by atoms with E-state index in [9.17, 15) is 8.78 Å². The van der Waals surface area contributed by atoms with E-state index in [0.29, 0.717) is 27.5 Å². The zero-order valence-corrected chi connectivity index (χ0v) is 15.8. The molecule has 1 N–H and O–H groups in total. The maximum atomic E-state index is 12.3. The number of rotatable bonds is 5. The molecule has 1 saturated carbocycles. The monoisotopic (exact) mass is 390 g/mol. The van der Waals surface area contributed by atoms with E-state index < -0.39 is 6.61 Å². The number of allylic oxidation sites excluding steroid dienone is 2. The number of aromatic nitrogens is 3. The molecule has 3 aliphatic rings. The van der Waals surface area contributed by atoms with Gasteiger partial charge in [-0.2, -0.15) is 23.7 Å². The van der Waals surface area contributed by atoms with E-state index in [-0.39, 0.29) is 5.75 Å². The van der Waals surface area contributed by atoms with Crippen molar-refractivity contribution in [1.82, 2.24) is 14.9 Å². The Bertz CT molecular complexity index is 959. The summed E-state index contributed by atoms with van der Waals surface area (Å²) >= 11 is 5.29. The molecule has 0 aliphatic heterocycles. The third kappa shape index (κ3) is 3.22. The third-order valence-corrected chi connectivity index (χ3v) is 6.09. The molecule has 8 heteroatoms. The van der Waals surface area contributed by atoms with Crippen LogP contribution in [0.15, 0.2) is 41.0 Å². The molecule has 1 heterocycles. The van der Waals surface area contributed by atoms with Gasteiger partial charge in [0.25, 0.3) is 0 Å². The summed E-state index contributed by atoms with van der Waals surface area (Å²) in [5.74, 6) is 1.89. The van der Waals surface area contributed by atoms with E-state index in [1.165, 1.54) is 24.1 Å². The predicted molar refractivity (Wildman–Crippen MR) is 101 cm³/mol. The molecule has 0 unspecified atom stereocenters. The van der Waals surface area contributed by atoms with Crippen LogP contribution in [0.2, 0.25) is 0 Å². The van der Waals surface area contributed by atoms with E-state index >= 15 is 0 Å². The Kier molecular flexibility index (Phi) is 4.46. The number of hydrogen-bond acceptors (Lipinski definition) is 4. The molecule has 5 nitrogen and oxygen atoms in total. The minimum atomic E-state index is -2.85. The number of nitrogens with one attached hydrogen (secondary N) is 1. The van der Waals surface area contributed by atoms with Crippen molar-refractivity contribution in [2.75, 3.05) is 0 Å². The van der Waals surface area contributed by atoms with E-state index in [1.807, 2.05) is 6.21 Å². The summed E-state index contributed by atoms with van der Waals surface area (Å²) in [6.45, 7) is 1.77. The highest BCUT2D eigenvalue weighted by Gasteiger charge is 2.50. The molecule has 0 saturated heterocycles. The number of halogens is 2. The Morgan fingerprint density at radius 3 is 2.74 bits per heavy atom. The van der Waals surface area contributed by atoms with Crippen LogP contribution in [0.1, 0.15) is 26.7 Å². The number of ether oxygens (including phenoxy) is 1. The quantitative estimate of drug-likeness (QED) is 0.575. The fourth-order valence-electron chi connectivity index (χ4n) is 4.04. The van der Waals surface area contributed by atoms with Gasteiger partial charge in [0.15, 0.2) is 5.82 Å². The van der Waals surface area contributed by atoms with Crippen molar-refractivity contribution in [3.63, 3.8) is 0 Å². The Hall–Kier alpha value is -2.35. The predicted octanol–water partition coefficient (Wildman–Crippen LogP) is 5.04. The van der Waals surface area contributed by atoms with Gasteiger partial charge < -0.3 is 4.74 Å². The number of benzene rings is 1. The van der Waals surface area contributed by atoms with Gasteiger partial charge in [-0.15, -0.1) is 0 Å². The van der Waals surface area contributed by atoms with Crippen molar-refractivity contribution in [2.45, 2.75) is 33.3 Å².